The van der Waals surface area contributed by atoms with E-state index in [-0.39, 0.29) is 17.1 Å². The second-order valence-corrected chi connectivity index (χ2v) is 6.32. The lowest BCUT2D eigenvalue weighted by molar-refractivity contribution is -0.112. The van der Waals surface area contributed by atoms with E-state index in [9.17, 15) is 4.79 Å². The highest BCUT2D eigenvalue weighted by molar-refractivity contribution is 5.59. The molecule has 0 saturated carbocycles. The molecule has 3 nitrogen and oxygen atoms in total. The first kappa shape index (κ1) is 16.0. The molecule has 0 radical (unpaired) electrons. The molecule has 0 bridgehead atoms. The van der Waals surface area contributed by atoms with Crippen molar-refractivity contribution >= 4 is 6.29 Å². The average molecular weight is 241 g/mol. The Kier molecular flexibility index (Phi) is 5.73. The van der Waals surface area contributed by atoms with Crippen molar-refractivity contribution in [3.63, 3.8) is 0 Å². The second-order valence-electron chi connectivity index (χ2n) is 6.32. The second kappa shape index (κ2) is 6.08. The minimum atomic E-state index is -0.265. The quantitative estimate of drug-likeness (QED) is 0.593. The topological polar surface area (TPSA) is 38.3 Å². The Balaban J connectivity index is 4.76. The Morgan fingerprint density at radius 3 is 2.06 bits per heavy atom. The standard InChI is InChI=1S/C14H27NO2/c1-8-9-12(17-14(5,6)7)15-11(10-16)13(2,3)4/h9-11,15H,8H2,1-7H3/b12-9+. The maximum absolute atomic E-state index is 11.1. The number of allylic oxidation sites excluding steroid dienone is 1. The normalized spacial score (nSPS) is 15.4. The van der Waals surface area contributed by atoms with Crippen LogP contribution >= 0.6 is 0 Å². The van der Waals surface area contributed by atoms with Crippen molar-refractivity contribution in [3.05, 3.63) is 12.0 Å². The van der Waals surface area contributed by atoms with Crippen molar-refractivity contribution in [3.8, 4) is 0 Å². The minimum Gasteiger partial charge on any atom is -0.474 e. The zero-order valence-electron chi connectivity index (χ0n) is 12.3. The molecule has 0 aromatic heterocycles. The molecule has 0 fully saturated rings. The Bertz CT molecular complexity index is 269. The lowest BCUT2D eigenvalue weighted by atomic mass is 9.88. The third kappa shape index (κ3) is 7.03. The summed E-state index contributed by atoms with van der Waals surface area (Å²) in [5.74, 6) is 0.687. The molecule has 17 heavy (non-hydrogen) atoms. The van der Waals surface area contributed by atoms with Gasteiger partial charge in [-0.3, -0.25) is 0 Å². The van der Waals surface area contributed by atoms with Gasteiger partial charge in [-0.05, 0) is 38.7 Å². The summed E-state index contributed by atoms with van der Waals surface area (Å²) in [4.78, 5) is 11.1. The fourth-order valence-electron chi connectivity index (χ4n) is 1.25. The van der Waals surface area contributed by atoms with E-state index in [1.165, 1.54) is 0 Å². The van der Waals surface area contributed by atoms with Crippen LogP contribution in [0.1, 0.15) is 54.9 Å². The monoisotopic (exact) mass is 241 g/mol. The first-order chi connectivity index (χ1) is 7.60. The Hall–Kier alpha value is -0.990. The SMILES string of the molecule is CC/C=C(\NC(C=O)C(C)(C)C)OC(C)(C)C. The van der Waals surface area contributed by atoms with Crippen LogP contribution in [0, 0.1) is 5.41 Å². The van der Waals surface area contributed by atoms with Gasteiger partial charge in [0.1, 0.15) is 11.9 Å². The van der Waals surface area contributed by atoms with Gasteiger partial charge in [-0.2, -0.15) is 0 Å². The van der Waals surface area contributed by atoms with E-state index in [0.717, 1.165) is 12.7 Å². The zero-order valence-corrected chi connectivity index (χ0v) is 12.3. The molecule has 1 atom stereocenters. The van der Waals surface area contributed by atoms with Crippen LogP contribution in [0.2, 0.25) is 0 Å². The minimum absolute atomic E-state index is 0.129. The maximum atomic E-state index is 11.1. The summed E-state index contributed by atoms with van der Waals surface area (Å²) in [6.45, 7) is 14.1. The van der Waals surface area contributed by atoms with Crippen LogP contribution in [0.3, 0.4) is 0 Å². The first-order valence-corrected chi connectivity index (χ1v) is 6.21. The van der Waals surface area contributed by atoms with Crippen molar-refractivity contribution in [2.45, 2.75) is 66.5 Å². The summed E-state index contributed by atoms with van der Waals surface area (Å²) in [5.41, 5.74) is -0.394. The van der Waals surface area contributed by atoms with Crippen molar-refractivity contribution < 1.29 is 9.53 Å². The third-order valence-corrected chi connectivity index (χ3v) is 2.17. The number of hydrogen-bond acceptors (Lipinski definition) is 3. The van der Waals surface area contributed by atoms with Crippen LogP contribution in [0.5, 0.6) is 0 Å². The van der Waals surface area contributed by atoms with E-state index in [0.29, 0.717) is 5.88 Å². The summed E-state index contributed by atoms with van der Waals surface area (Å²) < 4.78 is 5.80. The molecule has 0 amide bonds. The van der Waals surface area contributed by atoms with Gasteiger partial charge in [0.15, 0.2) is 5.88 Å². The third-order valence-electron chi connectivity index (χ3n) is 2.17. The molecule has 3 heteroatoms. The molecule has 0 aliphatic carbocycles. The van der Waals surface area contributed by atoms with Crippen LogP contribution in [0.25, 0.3) is 0 Å². The number of aldehydes is 1. The van der Waals surface area contributed by atoms with Crippen LogP contribution < -0.4 is 5.32 Å². The van der Waals surface area contributed by atoms with Gasteiger partial charge < -0.3 is 14.8 Å². The van der Waals surface area contributed by atoms with Gasteiger partial charge in [0, 0.05) is 0 Å². The highest BCUT2D eigenvalue weighted by Gasteiger charge is 2.26. The van der Waals surface area contributed by atoms with E-state index >= 15 is 0 Å². The van der Waals surface area contributed by atoms with Crippen molar-refractivity contribution in [2.24, 2.45) is 5.41 Å². The van der Waals surface area contributed by atoms with Gasteiger partial charge in [-0.1, -0.05) is 27.7 Å². The van der Waals surface area contributed by atoms with E-state index in [1.807, 2.05) is 54.5 Å². The number of nitrogens with one attached hydrogen (secondary N) is 1. The molecule has 0 heterocycles. The fraction of sp³-hybridized carbons (Fsp3) is 0.786. The largest absolute Gasteiger partial charge is 0.474 e. The molecule has 0 aliphatic rings. The van der Waals surface area contributed by atoms with E-state index < -0.39 is 0 Å². The van der Waals surface area contributed by atoms with Crippen LogP contribution in [0.4, 0.5) is 0 Å². The predicted molar refractivity (Wildman–Crippen MR) is 71.7 cm³/mol. The highest BCUT2D eigenvalue weighted by atomic mass is 16.5. The molecule has 1 unspecified atom stereocenters. The van der Waals surface area contributed by atoms with Gasteiger partial charge in [0.2, 0.25) is 0 Å². The van der Waals surface area contributed by atoms with E-state index in [2.05, 4.69) is 5.32 Å². The van der Waals surface area contributed by atoms with Gasteiger partial charge in [-0.15, -0.1) is 0 Å². The Morgan fingerprint density at radius 2 is 1.76 bits per heavy atom. The van der Waals surface area contributed by atoms with Crippen LogP contribution in [-0.4, -0.2) is 17.9 Å². The molecule has 0 aliphatic heterocycles. The molecule has 0 spiro atoms. The number of rotatable bonds is 5. The maximum Gasteiger partial charge on any atom is 0.183 e. The predicted octanol–water partition coefficient (Wildman–Crippen LogP) is 3.26. The zero-order chi connectivity index (χ0) is 13.7. The molecule has 0 saturated heterocycles. The molecule has 100 valence electrons. The summed E-state index contributed by atoms with van der Waals surface area (Å²) >= 11 is 0. The van der Waals surface area contributed by atoms with Crippen molar-refractivity contribution in [2.75, 3.05) is 0 Å². The number of carbonyl (C=O) groups is 1. The highest BCUT2D eigenvalue weighted by Crippen LogP contribution is 2.20. The number of carbonyl (C=O) groups excluding carboxylic acids is 1. The summed E-state index contributed by atoms with van der Waals surface area (Å²) in [5, 5.41) is 3.17. The van der Waals surface area contributed by atoms with E-state index in [1.54, 1.807) is 0 Å². The number of ether oxygens (including phenoxy) is 1. The molecule has 0 aromatic rings. The van der Waals surface area contributed by atoms with Crippen LogP contribution in [-0.2, 0) is 9.53 Å². The van der Waals surface area contributed by atoms with Crippen molar-refractivity contribution in [1.82, 2.24) is 5.32 Å². The lowest BCUT2D eigenvalue weighted by Gasteiger charge is -2.31. The smallest absolute Gasteiger partial charge is 0.183 e. The molecule has 0 rings (SSSR count). The Morgan fingerprint density at radius 1 is 1.24 bits per heavy atom. The first-order valence-electron chi connectivity index (χ1n) is 6.21. The van der Waals surface area contributed by atoms with Crippen LogP contribution in [0.15, 0.2) is 12.0 Å². The fourth-order valence-corrected chi connectivity index (χ4v) is 1.25. The summed E-state index contributed by atoms with van der Waals surface area (Å²) in [6, 6.07) is -0.248. The van der Waals surface area contributed by atoms with Gasteiger partial charge in [-0.25, -0.2) is 0 Å². The van der Waals surface area contributed by atoms with Gasteiger partial charge in [0.05, 0.1) is 6.04 Å². The lowest BCUT2D eigenvalue weighted by Crippen LogP contribution is -2.42. The number of hydrogen-bond donors (Lipinski definition) is 1. The van der Waals surface area contributed by atoms with Crippen molar-refractivity contribution in [1.29, 1.82) is 0 Å². The van der Waals surface area contributed by atoms with E-state index in [4.69, 9.17) is 4.74 Å². The molecule has 1 N–H and O–H groups in total. The molecular weight excluding hydrogens is 214 g/mol. The summed E-state index contributed by atoms with van der Waals surface area (Å²) in [7, 11) is 0. The van der Waals surface area contributed by atoms with Gasteiger partial charge >= 0.3 is 0 Å². The average Bonchev–Trinajstić information content (AvgIpc) is 2.09. The van der Waals surface area contributed by atoms with Gasteiger partial charge in [0.25, 0.3) is 0 Å². The summed E-state index contributed by atoms with van der Waals surface area (Å²) in [6.07, 6.45) is 3.77. The Labute approximate surface area is 106 Å². The molecular formula is C14H27NO2. The molecule has 0 aromatic carbocycles.